The van der Waals surface area contributed by atoms with Crippen LogP contribution in [0.1, 0.15) is 19.3 Å². The zero-order valence-electron chi connectivity index (χ0n) is 9.46. The van der Waals surface area contributed by atoms with Gasteiger partial charge < -0.3 is 10.6 Å². The smallest absolute Gasteiger partial charge is 0.237 e. The predicted octanol–water partition coefficient (Wildman–Crippen LogP) is -0.194. The molecule has 0 spiro atoms. The molecule has 2 rings (SSSR count). The summed E-state index contributed by atoms with van der Waals surface area (Å²) < 4.78 is 0. The first-order valence-electron chi connectivity index (χ1n) is 5.97. The summed E-state index contributed by atoms with van der Waals surface area (Å²) in [5.41, 5.74) is 0. The van der Waals surface area contributed by atoms with Gasteiger partial charge in [-0.25, -0.2) is 0 Å². The van der Waals surface area contributed by atoms with Crippen molar-refractivity contribution in [2.75, 3.05) is 33.2 Å². The van der Waals surface area contributed by atoms with Gasteiger partial charge in [0.15, 0.2) is 0 Å². The molecule has 0 saturated carbocycles. The van der Waals surface area contributed by atoms with Crippen LogP contribution in [0.5, 0.6) is 0 Å². The van der Waals surface area contributed by atoms with Crippen LogP contribution in [0.3, 0.4) is 0 Å². The summed E-state index contributed by atoms with van der Waals surface area (Å²) in [5, 5.41) is 6.14. The Bertz CT molecular complexity index is 226. The normalized spacial score (nSPS) is 32.1. The van der Waals surface area contributed by atoms with Crippen LogP contribution in [0, 0.1) is 5.92 Å². The lowest BCUT2D eigenvalue weighted by Gasteiger charge is -2.25. The minimum Gasteiger partial charge on any atom is -0.358 e. The monoisotopic (exact) mass is 211 g/mol. The number of carbonyl (C=O) groups is 1. The van der Waals surface area contributed by atoms with Gasteiger partial charge in [-0.15, -0.1) is 0 Å². The van der Waals surface area contributed by atoms with E-state index in [2.05, 4.69) is 15.5 Å². The molecule has 15 heavy (non-hydrogen) atoms. The second kappa shape index (κ2) is 4.94. The number of likely N-dealkylation sites (tertiary alicyclic amines) is 1. The van der Waals surface area contributed by atoms with Gasteiger partial charge in [0.1, 0.15) is 0 Å². The zero-order chi connectivity index (χ0) is 10.7. The van der Waals surface area contributed by atoms with Gasteiger partial charge in [0, 0.05) is 13.6 Å². The molecule has 4 heteroatoms. The summed E-state index contributed by atoms with van der Waals surface area (Å²) in [6, 6.07) is 0.135. The highest BCUT2D eigenvalue weighted by Crippen LogP contribution is 2.20. The molecule has 4 nitrogen and oxygen atoms in total. The highest BCUT2D eigenvalue weighted by molar-refractivity contribution is 5.81. The maximum absolute atomic E-state index is 11.6. The average Bonchev–Trinajstić information content (AvgIpc) is 2.88. The van der Waals surface area contributed by atoms with E-state index in [-0.39, 0.29) is 11.9 Å². The molecule has 0 aromatic rings. The summed E-state index contributed by atoms with van der Waals surface area (Å²) >= 11 is 0. The van der Waals surface area contributed by atoms with Crippen molar-refractivity contribution in [3.8, 4) is 0 Å². The Morgan fingerprint density at radius 3 is 3.07 bits per heavy atom. The van der Waals surface area contributed by atoms with Crippen molar-refractivity contribution in [2.45, 2.75) is 25.3 Å². The number of hydrogen-bond donors (Lipinski definition) is 2. The van der Waals surface area contributed by atoms with E-state index in [4.69, 9.17) is 0 Å². The Balaban J connectivity index is 1.86. The van der Waals surface area contributed by atoms with Crippen molar-refractivity contribution in [3.63, 3.8) is 0 Å². The molecule has 0 radical (unpaired) electrons. The van der Waals surface area contributed by atoms with Crippen molar-refractivity contribution < 1.29 is 4.79 Å². The minimum atomic E-state index is 0.135. The Morgan fingerprint density at radius 2 is 2.40 bits per heavy atom. The Kier molecular flexibility index (Phi) is 3.59. The molecule has 2 aliphatic heterocycles. The molecular formula is C11H21N3O. The second-order valence-electron chi connectivity index (χ2n) is 4.63. The molecule has 2 heterocycles. The van der Waals surface area contributed by atoms with Crippen molar-refractivity contribution in [2.24, 2.45) is 5.92 Å². The van der Waals surface area contributed by atoms with Crippen LogP contribution in [0.25, 0.3) is 0 Å². The third-order valence-corrected chi connectivity index (χ3v) is 3.57. The third kappa shape index (κ3) is 2.49. The van der Waals surface area contributed by atoms with E-state index in [0.717, 1.165) is 44.9 Å². The lowest BCUT2D eigenvalue weighted by atomic mass is 10.1. The quantitative estimate of drug-likeness (QED) is 0.680. The maximum atomic E-state index is 11.6. The molecular weight excluding hydrogens is 190 g/mol. The van der Waals surface area contributed by atoms with Gasteiger partial charge in [0.05, 0.1) is 6.04 Å². The van der Waals surface area contributed by atoms with Crippen LogP contribution in [-0.4, -0.2) is 50.1 Å². The molecule has 1 amide bonds. The Labute approximate surface area is 91.4 Å². The SMILES string of the molecule is CNC(=O)C1CCCN1CC1CCNC1. The van der Waals surface area contributed by atoms with E-state index in [1.54, 1.807) is 7.05 Å². The average molecular weight is 211 g/mol. The minimum absolute atomic E-state index is 0.135. The van der Waals surface area contributed by atoms with Gasteiger partial charge >= 0.3 is 0 Å². The lowest BCUT2D eigenvalue weighted by molar-refractivity contribution is -0.125. The molecule has 2 unspecified atom stereocenters. The first kappa shape index (κ1) is 10.9. The van der Waals surface area contributed by atoms with E-state index >= 15 is 0 Å². The maximum Gasteiger partial charge on any atom is 0.237 e. The van der Waals surface area contributed by atoms with Crippen molar-refractivity contribution in [3.05, 3.63) is 0 Å². The van der Waals surface area contributed by atoms with E-state index in [1.165, 1.54) is 6.42 Å². The molecule has 0 aromatic carbocycles. The van der Waals surface area contributed by atoms with E-state index in [9.17, 15) is 4.79 Å². The number of carbonyl (C=O) groups excluding carboxylic acids is 1. The standard InChI is InChI=1S/C11H21N3O/c1-12-11(15)10-3-2-6-14(10)8-9-4-5-13-7-9/h9-10,13H,2-8H2,1H3,(H,12,15). The van der Waals surface area contributed by atoms with Crippen LogP contribution in [0.2, 0.25) is 0 Å². The first-order valence-corrected chi connectivity index (χ1v) is 5.97. The third-order valence-electron chi connectivity index (χ3n) is 3.57. The van der Waals surface area contributed by atoms with E-state index in [1.807, 2.05) is 0 Å². The molecule has 2 N–H and O–H groups in total. The lowest BCUT2D eigenvalue weighted by Crippen LogP contribution is -2.44. The number of rotatable bonds is 3. The van der Waals surface area contributed by atoms with Gasteiger partial charge in [-0.2, -0.15) is 0 Å². The van der Waals surface area contributed by atoms with Gasteiger partial charge in [-0.05, 0) is 44.8 Å². The molecule has 2 saturated heterocycles. The van der Waals surface area contributed by atoms with Crippen LogP contribution >= 0.6 is 0 Å². The molecule has 0 aromatic heterocycles. The first-order chi connectivity index (χ1) is 7.31. The topological polar surface area (TPSA) is 44.4 Å². The predicted molar refractivity (Wildman–Crippen MR) is 59.6 cm³/mol. The Morgan fingerprint density at radius 1 is 1.53 bits per heavy atom. The van der Waals surface area contributed by atoms with Crippen LogP contribution in [-0.2, 0) is 4.79 Å². The molecule has 2 aliphatic rings. The second-order valence-corrected chi connectivity index (χ2v) is 4.63. The number of nitrogens with one attached hydrogen (secondary N) is 2. The number of amides is 1. The van der Waals surface area contributed by atoms with Gasteiger partial charge in [-0.3, -0.25) is 9.69 Å². The molecule has 86 valence electrons. The summed E-state index contributed by atoms with van der Waals surface area (Å²) in [6.07, 6.45) is 3.45. The highest BCUT2D eigenvalue weighted by Gasteiger charge is 2.31. The molecule has 0 aliphatic carbocycles. The van der Waals surface area contributed by atoms with Crippen molar-refractivity contribution in [1.82, 2.24) is 15.5 Å². The summed E-state index contributed by atoms with van der Waals surface area (Å²) in [7, 11) is 1.73. The van der Waals surface area contributed by atoms with Gasteiger partial charge in [0.25, 0.3) is 0 Å². The fourth-order valence-electron chi connectivity index (χ4n) is 2.71. The summed E-state index contributed by atoms with van der Waals surface area (Å²) in [6.45, 7) is 4.44. The van der Waals surface area contributed by atoms with E-state index < -0.39 is 0 Å². The summed E-state index contributed by atoms with van der Waals surface area (Å²) in [5.74, 6) is 0.939. The number of hydrogen-bond acceptors (Lipinski definition) is 3. The number of likely N-dealkylation sites (N-methyl/N-ethyl adjacent to an activating group) is 1. The zero-order valence-corrected chi connectivity index (χ0v) is 9.46. The van der Waals surface area contributed by atoms with Crippen LogP contribution in [0.15, 0.2) is 0 Å². The van der Waals surface area contributed by atoms with Crippen molar-refractivity contribution in [1.29, 1.82) is 0 Å². The van der Waals surface area contributed by atoms with Gasteiger partial charge in [0.2, 0.25) is 5.91 Å². The summed E-state index contributed by atoms with van der Waals surface area (Å²) in [4.78, 5) is 14.0. The molecule has 0 bridgehead atoms. The Hall–Kier alpha value is -0.610. The van der Waals surface area contributed by atoms with E-state index in [0.29, 0.717) is 0 Å². The van der Waals surface area contributed by atoms with Crippen molar-refractivity contribution >= 4 is 5.91 Å². The highest BCUT2D eigenvalue weighted by atomic mass is 16.2. The molecule has 2 fully saturated rings. The number of nitrogens with zero attached hydrogens (tertiary/aromatic N) is 1. The largest absolute Gasteiger partial charge is 0.358 e. The van der Waals surface area contributed by atoms with Crippen LogP contribution in [0.4, 0.5) is 0 Å². The van der Waals surface area contributed by atoms with Crippen LogP contribution < -0.4 is 10.6 Å². The fraction of sp³-hybridized carbons (Fsp3) is 0.909. The molecule has 2 atom stereocenters. The van der Waals surface area contributed by atoms with Gasteiger partial charge in [-0.1, -0.05) is 0 Å². The fourth-order valence-corrected chi connectivity index (χ4v) is 2.71.